The number of benzene rings is 1. The molecule has 1 aromatic rings. The summed E-state index contributed by atoms with van der Waals surface area (Å²) in [5, 5.41) is 2.75. The van der Waals surface area contributed by atoms with Gasteiger partial charge in [-0.25, -0.2) is 4.79 Å². The summed E-state index contributed by atoms with van der Waals surface area (Å²) in [4.78, 5) is 26.2. The number of fused-ring (bicyclic) bond motifs is 1. The van der Waals surface area contributed by atoms with Crippen molar-refractivity contribution in [3.63, 3.8) is 0 Å². The van der Waals surface area contributed by atoms with Crippen LogP contribution in [0.3, 0.4) is 0 Å². The van der Waals surface area contributed by atoms with Crippen molar-refractivity contribution in [3.8, 4) is 5.75 Å². The number of rotatable bonds is 5. The van der Waals surface area contributed by atoms with Crippen LogP contribution in [0.25, 0.3) is 0 Å². The van der Waals surface area contributed by atoms with Crippen molar-refractivity contribution in [1.29, 1.82) is 0 Å². The third-order valence-corrected chi connectivity index (χ3v) is 6.52. The van der Waals surface area contributed by atoms with Crippen LogP contribution >= 0.6 is 0 Å². The molecular weight excluding hydrogens is 401 g/mol. The largest absolute Gasteiger partial charge is 0.573 e. The molecule has 30 heavy (non-hydrogen) atoms. The number of alkyl halides is 3. The summed E-state index contributed by atoms with van der Waals surface area (Å²) >= 11 is 0. The maximum absolute atomic E-state index is 12.8. The highest BCUT2D eigenvalue weighted by Gasteiger charge is 2.62. The molecule has 2 amide bonds. The van der Waals surface area contributed by atoms with Gasteiger partial charge in [0.15, 0.2) is 0 Å². The van der Waals surface area contributed by atoms with Crippen molar-refractivity contribution in [1.82, 2.24) is 10.2 Å². The minimum Gasteiger partial charge on any atom is -0.450 e. The van der Waals surface area contributed by atoms with E-state index in [-0.39, 0.29) is 29.0 Å². The van der Waals surface area contributed by atoms with Crippen LogP contribution in [0, 0.1) is 18.8 Å². The number of halogens is 3. The molecule has 6 nitrogen and oxygen atoms in total. The fourth-order valence-electron chi connectivity index (χ4n) is 4.83. The molecule has 1 heterocycles. The van der Waals surface area contributed by atoms with Gasteiger partial charge in [-0.15, -0.1) is 13.2 Å². The molecule has 0 aromatic heterocycles. The maximum atomic E-state index is 12.8. The first kappa shape index (κ1) is 20.8. The van der Waals surface area contributed by atoms with E-state index < -0.39 is 12.5 Å². The molecule has 2 unspecified atom stereocenters. The number of likely N-dealkylation sites (tertiary alicyclic amines) is 1. The third kappa shape index (κ3) is 3.94. The molecule has 3 aliphatic rings. The Hall–Kier alpha value is -2.45. The van der Waals surface area contributed by atoms with E-state index in [1.54, 1.807) is 26.0 Å². The Morgan fingerprint density at radius 1 is 1.30 bits per heavy atom. The summed E-state index contributed by atoms with van der Waals surface area (Å²) in [6.07, 6.45) is -3.02. The van der Waals surface area contributed by atoms with E-state index in [2.05, 4.69) is 10.1 Å². The molecule has 2 aliphatic carbocycles. The number of aryl methyl sites for hydroxylation is 1. The summed E-state index contributed by atoms with van der Waals surface area (Å²) in [5.41, 5.74) is 1.23. The van der Waals surface area contributed by atoms with Crippen molar-refractivity contribution in [2.75, 3.05) is 19.7 Å². The van der Waals surface area contributed by atoms with Gasteiger partial charge in [0.05, 0.1) is 6.61 Å². The van der Waals surface area contributed by atoms with Crippen LogP contribution < -0.4 is 10.1 Å². The van der Waals surface area contributed by atoms with E-state index in [4.69, 9.17) is 4.74 Å². The second-order valence-electron chi connectivity index (χ2n) is 8.53. The zero-order valence-corrected chi connectivity index (χ0v) is 16.9. The quantitative estimate of drug-likeness (QED) is 0.783. The van der Waals surface area contributed by atoms with E-state index in [1.165, 1.54) is 6.07 Å². The lowest BCUT2D eigenvalue weighted by Gasteiger charge is -2.37. The first-order valence-electron chi connectivity index (χ1n) is 10.2. The van der Waals surface area contributed by atoms with Gasteiger partial charge in [-0.05, 0) is 56.2 Å². The summed E-state index contributed by atoms with van der Waals surface area (Å²) in [6, 6.07) is 4.76. The van der Waals surface area contributed by atoms with Crippen LogP contribution in [0.15, 0.2) is 18.2 Å². The van der Waals surface area contributed by atoms with Crippen molar-refractivity contribution in [2.24, 2.45) is 11.8 Å². The van der Waals surface area contributed by atoms with Crippen LogP contribution in [0.5, 0.6) is 5.75 Å². The Bertz CT molecular complexity index is 853. The number of amides is 2. The first-order chi connectivity index (χ1) is 14.1. The Morgan fingerprint density at radius 3 is 2.67 bits per heavy atom. The molecule has 0 bridgehead atoms. The van der Waals surface area contributed by atoms with E-state index in [0.29, 0.717) is 44.0 Å². The number of ether oxygens (including phenoxy) is 2. The van der Waals surface area contributed by atoms with Crippen molar-refractivity contribution < 1.29 is 32.2 Å². The van der Waals surface area contributed by atoms with Gasteiger partial charge in [0.1, 0.15) is 5.75 Å². The van der Waals surface area contributed by atoms with Crippen LogP contribution in [-0.2, 0) is 14.9 Å². The molecule has 164 valence electrons. The van der Waals surface area contributed by atoms with Gasteiger partial charge >= 0.3 is 12.5 Å². The van der Waals surface area contributed by atoms with Gasteiger partial charge in [-0.2, -0.15) is 0 Å². The lowest BCUT2D eigenvalue weighted by atomic mass is 9.79. The topological polar surface area (TPSA) is 67.9 Å². The second-order valence-corrected chi connectivity index (χ2v) is 8.53. The van der Waals surface area contributed by atoms with E-state index in [0.717, 1.165) is 12.0 Å². The molecule has 3 fully saturated rings. The number of carbonyl (C=O) groups excluding carboxylic acids is 2. The van der Waals surface area contributed by atoms with Gasteiger partial charge in [0.2, 0.25) is 5.91 Å². The third-order valence-electron chi connectivity index (χ3n) is 6.52. The maximum Gasteiger partial charge on any atom is 0.573 e. The molecule has 9 heteroatoms. The first-order valence-corrected chi connectivity index (χ1v) is 10.2. The van der Waals surface area contributed by atoms with Crippen molar-refractivity contribution in [3.05, 3.63) is 29.3 Å². The predicted octanol–water partition coefficient (Wildman–Crippen LogP) is 3.52. The standard InChI is InChI=1S/C21H25F3N2O4/c1-3-29-19(28)25-16-7-13(8-16)18(27)26-10-15-9-20(15,11-26)14-4-5-17(12(2)6-14)30-21(22,23)24/h4-6,13,15-16H,3,7-11H2,1-2H3,(H,25,28). The molecule has 2 atom stereocenters. The SMILES string of the molecule is CCOC(=O)NC1CC(C(=O)N2CC3CC3(c3ccc(OC(F)(F)F)c(C)c3)C2)C1. The Labute approximate surface area is 172 Å². The normalized spacial score (nSPS) is 29.6. The highest BCUT2D eigenvalue weighted by atomic mass is 19.4. The number of alkyl carbamates (subject to hydrolysis) is 1. The Balaban J connectivity index is 1.34. The summed E-state index contributed by atoms with van der Waals surface area (Å²) in [6.45, 7) is 4.90. The molecule has 2 saturated carbocycles. The van der Waals surface area contributed by atoms with E-state index >= 15 is 0 Å². The minimum absolute atomic E-state index is 0.0343. The van der Waals surface area contributed by atoms with Crippen LogP contribution in [0.2, 0.25) is 0 Å². The summed E-state index contributed by atoms with van der Waals surface area (Å²) in [7, 11) is 0. The fraction of sp³-hybridized carbons (Fsp3) is 0.619. The van der Waals surface area contributed by atoms with Crippen LogP contribution in [0.4, 0.5) is 18.0 Å². The van der Waals surface area contributed by atoms with E-state index in [1.807, 2.05) is 4.90 Å². The Kier molecular flexibility index (Phi) is 5.10. The molecule has 1 aliphatic heterocycles. The summed E-state index contributed by atoms with van der Waals surface area (Å²) < 4.78 is 46.4. The van der Waals surface area contributed by atoms with Crippen LogP contribution in [0.1, 0.15) is 37.3 Å². The zero-order chi connectivity index (χ0) is 21.7. The zero-order valence-electron chi connectivity index (χ0n) is 16.9. The van der Waals surface area contributed by atoms with Crippen molar-refractivity contribution in [2.45, 2.75) is 50.9 Å². The highest BCUT2D eigenvalue weighted by Crippen LogP contribution is 2.59. The van der Waals surface area contributed by atoms with Gasteiger partial charge in [-0.3, -0.25) is 4.79 Å². The van der Waals surface area contributed by atoms with Crippen LogP contribution in [-0.4, -0.2) is 49.0 Å². The lowest BCUT2D eigenvalue weighted by Crippen LogP contribution is -2.50. The predicted molar refractivity (Wildman–Crippen MR) is 101 cm³/mol. The number of carbonyl (C=O) groups is 2. The smallest absolute Gasteiger partial charge is 0.450 e. The second kappa shape index (κ2) is 7.35. The van der Waals surface area contributed by atoms with Gasteiger partial charge in [0, 0.05) is 30.5 Å². The molecular formula is C21H25F3N2O4. The minimum atomic E-state index is -4.72. The number of nitrogens with zero attached hydrogens (tertiary/aromatic N) is 1. The van der Waals surface area contributed by atoms with E-state index in [9.17, 15) is 22.8 Å². The van der Waals surface area contributed by atoms with Gasteiger partial charge < -0.3 is 19.7 Å². The molecule has 1 saturated heterocycles. The molecule has 0 radical (unpaired) electrons. The Morgan fingerprint density at radius 2 is 2.03 bits per heavy atom. The van der Waals surface area contributed by atoms with Gasteiger partial charge in [-0.1, -0.05) is 12.1 Å². The molecule has 0 spiro atoms. The monoisotopic (exact) mass is 426 g/mol. The highest BCUT2D eigenvalue weighted by molar-refractivity contribution is 5.81. The number of nitrogens with one attached hydrogen (secondary N) is 1. The lowest BCUT2D eigenvalue weighted by molar-refractivity contribution is -0.274. The molecule has 4 rings (SSSR count). The van der Waals surface area contributed by atoms with Crippen molar-refractivity contribution >= 4 is 12.0 Å². The molecule has 1 N–H and O–H groups in total. The fourth-order valence-corrected chi connectivity index (χ4v) is 4.83. The average Bonchev–Trinajstić information content (AvgIpc) is 3.19. The number of hydrogen-bond acceptors (Lipinski definition) is 4. The molecule has 1 aromatic carbocycles. The van der Waals surface area contributed by atoms with Gasteiger partial charge in [0.25, 0.3) is 0 Å². The number of hydrogen-bond donors (Lipinski definition) is 1. The average molecular weight is 426 g/mol. The summed E-state index contributed by atoms with van der Waals surface area (Å²) in [5.74, 6) is 0.136. The number of piperidine rings is 1.